The summed E-state index contributed by atoms with van der Waals surface area (Å²) in [6, 6.07) is 8.16. The minimum Gasteiger partial charge on any atom is -0.450 e. The lowest BCUT2D eigenvalue weighted by atomic mass is 10.0. The van der Waals surface area contributed by atoms with Gasteiger partial charge in [0.15, 0.2) is 3.77 Å². The Bertz CT molecular complexity index is 724. The Kier molecular flexibility index (Phi) is 4.78. The summed E-state index contributed by atoms with van der Waals surface area (Å²) in [6.45, 7) is 0. The summed E-state index contributed by atoms with van der Waals surface area (Å²) in [5.74, 6) is 0.389. The molecule has 2 nitrogen and oxygen atoms in total. The van der Waals surface area contributed by atoms with Crippen molar-refractivity contribution in [2.24, 2.45) is 0 Å². The topological polar surface area (TPSA) is 36.9 Å². The summed E-state index contributed by atoms with van der Waals surface area (Å²) in [5, 5.41) is 9.16. The Morgan fingerprint density at radius 2 is 2.05 bits per heavy atom. The molecule has 2 aromatic rings. The molecule has 1 heterocycles. The van der Waals surface area contributed by atoms with Gasteiger partial charge in [-0.1, -0.05) is 12.1 Å². The van der Waals surface area contributed by atoms with Crippen molar-refractivity contribution in [3.05, 3.63) is 55.5 Å². The molecule has 0 unspecified atom stereocenters. The van der Waals surface area contributed by atoms with Gasteiger partial charge in [-0.3, -0.25) is 0 Å². The maximum atomic E-state index is 12.7. The van der Waals surface area contributed by atoms with Crippen LogP contribution in [-0.2, 0) is 6.18 Å². The quantitative estimate of drug-likeness (QED) is 0.417. The lowest BCUT2D eigenvalue weighted by Gasteiger charge is -2.07. The molecular formula is C14H6BrF3INO. The van der Waals surface area contributed by atoms with Gasteiger partial charge in [0.05, 0.1) is 21.7 Å². The SMILES string of the molecule is N#C/C(=C/c1cc(Br)c(I)o1)c1cccc(C(F)(F)F)c1. The zero-order chi connectivity index (χ0) is 15.6. The average molecular weight is 468 g/mol. The molecule has 0 spiro atoms. The van der Waals surface area contributed by atoms with E-state index in [0.29, 0.717) is 9.53 Å². The molecule has 0 N–H and O–H groups in total. The summed E-state index contributed by atoms with van der Waals surface area (Å²) in [7, 11) is 0. The molecule has 0 fully saturated rings. The van der Waals surface area contributed by atoms with Crippen LogP contribution in [0.25, 0.3) is 11.6 Å². The van der Waals surface area contributed by atoms with Crippen molar-refractivity contribution in [2.45, 2.75) is 6.18 Å². The fraction of sp³-hybridized carbons (Fsp3) is 0.0714. The van der Waals surface area contributed by atoms with Crippen molar-refractivity contribution in [3.63, 3.8) is 0 Å². The van der Waals surface area contributed by atoms with E-state index in [1.807, 2.05) is 28.7 Å². The number of nitriles is 1. The first-order valence-electron chi connectivity index (χ1n) is 5.55. The number of rotatable bonds is 2. The second-order valence-corrected chi connectivity index (χ2v) is 5.85. The van der Waals surface area contributed by atoms with Gasteiger partial charge in [0, 0.05) is 22.6 Å². The van der Waals surface area contributed by atoms with Crippen LogP contribution >= 0.6 is 38.5 Å². The first kappa shape index (κ1) is 16.1. The van der Waals surface area contributed by atoms with Gasteiger partial charge in [0.2, 0.25) is 0 Å². The van der Waals surface area contributed by atoms with Gasteiger partial charge in [-0.2, -0.15) is 18.4 Å². The Balaban J connectivity index is 2.45. The van der Waals surface area contributed by atoms with Crippen LogP contribution in [0.4, 0.5) is 13.2 Å². The third-order valence-electron chi connectivity index (χ3n) is 2.57. The molecule has 0 bridgehead atoms. The lowest BCUT2D eigenvalue weighted by Crippen LogP contribution is -2.04. The molecular weight excluding hydrogens is 462 g/mol. The molecule has 2 rings (SSSR count). The van der Waals surface area contributed by atoms with Crippen molar-refractivity contribution in [2.75, 3.05) is 0 Å². The van der Waals surface area contributed by atoms with Gasteiger partial charge in [-0.05, 0) is 45.8 Å². The summed E-state index contributed by atoms with van der Waals surface area (Å²) in [6.07, 6.45) is -3.04. The van der Waals surface area contributed by atoms with E-state index in [4.69, 9.17) is 9.68 Å². The van der Waals surface area contributed by atoms with E-state index in [1.165, 1.54) is 18.2 Å². The van der Waals surface area contributed by atoms with Crippen molar-refractivity contribution in [1.29, 1.82) is 5.26 Å². The first-order valence-corrected chi connectivity index (χ1v) is 7.42. The molecule has 0 aliphatic heterocycles. The summed E-state index contributed by atoms with van der Waals surface area (Å²) >= 11 is 5.22. The van der Waals surface area contributed by atoms with E-state index in [2.05, 4.69) is 15.9 Å². The van der Waals surface area contributed by atoms with Gasteiger partial charge in [-0.15, -0.1) is 0 Å². The summed E-state index contributed by atoms with van der Waals surface area (Å²) in [4.78, 5) is 0. The van der Waals surface area contributed by atoms with Crippen molar-refractivity contribution >= 4 is 50.2 Å². The number of alkyl halides is 3. The van der Waals surface area contributed by atoms with E-state index in [9.17, 15) is 13.2 Å². The molecule has 1 aromatic heterocycles. The highest BCUT2D eigenvalue weighted by molar-refractivity contribution is 14.1. The predicted octanol–water partition coefficient (Wildman–Crippen LogP) is 5.73. The molecule has 0 saturated heterocycles. The second-order valence-electron chi connectivity index (χ2n) is 4.02. The molecule has 0 amide bonds. The molecule has 7 heteroatoms. The summed E-state index contributed by atoms with van der Waals surface area (Å²) in [5.41, 5.74) is -0.509. The number of benzene rings is 1. The van der Waals surface area contributed by atoms with Crippen molar-refractivity contribution in [3.8, 4) is 6.07 Å². The molecule has 0 saturated carbocycles. The maximum absolute atomic E-state index is 12.7. The van der Waals surface area contributed by atoms with Crippen LogP contribution in [0.5, 0.6) is 0 Å². The highest BCUT2D eigenvalue weighted by Crippen LogP contribution is 2.32. The van der Waals surface area contributed by atoms with Crippen LogP contribution in [0.1, 0.15) is 16.9 Å². The number of hydrogen-bond donors (Lipinski definition) is 0. The van der Waals surface area contributed by atoms with Gasteiger partial charge in [-0.25, -0.2) is 0 Å². The zero-order valence-electron chi connectivity index (χ0n) is 10.2. The Morgan fingerprint density at radius 3 is 2.57 bits per heavy atom. The van der Waals surface area contributed by atoms with Gasteiger partial charge in [0.1, 0.15) is 5.76 Å². The van der Waals surface area contributed by atoms with E-state index in [1.54, 1.807) is 6.07 Å². The average Bonchev–Trinajstić information content (AvgIpc) is 2.74. The van der Waals surface area contributed by atoms with Crippen LogP contribution in [0.15, 0.2) is 39.2 Å². The zero-order valence-corrected chi connectivity index (χ0v) is 14.0. The molecule has 0 aliphatic carbocycles. The number of halogens is 5. The molecule has 0 atom stereocenters. The third-order valence-corrected chi connectivity index (χ3v) is 4.70. The van der Waals surface area contributed by atoms with E-state index in [0.717, 1.165) is 16.6 Å². The van der Waals surface area contributed by atoms with Crippen molar-refractivity contribution < 1.29 is 17.6 Å². The largest absolute Gasteiger partial charge is 0.450 e. The van der Waals surface area contributed by atoms with E-state index < -0.39 is 11.7 Å². The van der Waals surface area contributed by atoms with Crippen LogP contribution in [-0.4, -0.2) is 0 Å². The van der Waals surface area contributed by atoms with Gasteiger partial charge < -0.3 is 4.42 Å². The fourth-order valence-electron chi connectivity index (χ4n) is 1.62. The second kappa shape index (κ2) is 6.23. The summed E-state index contributed by atoms with van der Waals surface area (Å²) < 4.78 is 44.7. The number of allylic oxidation sites excluding steroid dienone is 1. The highest BCUT2D eigenvalue weighted by atomic mass is 127. The third kappa shape index (κ3) is 3.89. The smallest absolute Gasteiger partial charge is 0.416 e. The lowest BCUT2D eigenvalue weighted by molar-refractivity contribution is -0.137. The molecule has 0 aliphatic rings. The number of furan rings is 1. The Labute approximate surface area is 140 Å². The Morgan fingerprint density at radius 1 is 1.33 bits per heavy atom. The minimum atomic E-state index is -4.44. The highest BCUT2D eigenvalue weighted by Gasteiger charge is 2.30. The molecule has 21 heavy (non-hydrogen) atoms. The number of hydrogen-bond acceptors (Lipinski definition) is 2. The first-order chi connectivity index (χ1) is 9.81. The van der Waals surface area contributed by atoms with E-state index >= 15 is 0 Å². The van der Waals surface area contributed by atoms with Crippen LogP contribution < -0.4 is 0 Å². The minimum absolute atomic E-state index is 0.0961. The molecule has 1 aromatic carbocycles. The fourth-order valence-corrected chi connectivity index (χ4v) is 2.34. The number of nitrogens with zero attached hydrogens (tertiary/aromatic N) is 1. The van der Waals surface area contributed by atoms with Gasteiger partial charge >= 0.3 is 6.18 Å². The van der Waals surface area contributed by atoms with E-state index in [-0.39, 0.29) is 11.1 Å². The van der Waals surface area contributed by atoms with Crippen LogP contribution in [0, 0.1) is 15.1 Å². The monoisotopic (exact) mass is 467 g/mol. The maximum Gasteiger partial charge on any atom is 0.416 e. The van der Waals surface area contributed by atoms with Gasteiger partial charge in [0.25, 0.3) is 0 Å². The standard InChI is InChI=1S/C14H6BrF3INO/c15-12-6-11(21-13(12)19)5-9(7-20)8-2-1-3-10(4-8)14(16,17)18/h1-6H/b9-5-. The molecule has 108 valence electrons. The Hall–Kier alpha value is -1.27. The van der Waals surface area contributed by atoms with Crippen LogP contribution in [0.3, 0.4) is 0 Å². The molecule has 0 radical (unpaired) electrons. The predicted molar refractivity (Wildman–Crippen MR) is 84.1 cm³/mol. The van der Waals surface area contributed by atoms with Crippen LogP contribution in [0.2, 0.25) is 0 Å². The normalized spacial score (nSPS) is 12.3. The van der Waals surface area contributed by atoms with Crippen molar-refractivity contribution in [1.82, 2.24) is 0 Å².